The molecule has 1 aromatic carbocycles. The molecule has 1 aromatic rings. The molecule has 1 amide bonds. The molecule has 1 aliphatic rings. The molecule has 90 valence electrons. The standard InChI is InChI=1S/C12H12ClNO3/c1-8(15)11-7-14(12(16)6-13)9-4-2-3-5-10(9)17-11/h2-5,11H,6-7H2,1H3. The van der Waals surface area contributed by atoms with Crippen LogP contribution < -0.4 is 9.64 Å². The van der Waals surface area contributed by atoms with E-state index in [2.05, 4.69) is 0 Å². The molecule has 17 heavy (non-hydrogen) atoms. The quantitative estimate of drug-likeness (QED) is 0.753. The Morgan fingerprint density at radius 1 is 1.47 bits per heavy atom. The van der Waals surface area contributed by atoms with Crippen LogP contribution in [0, 0.1) is 0 Å². The van der Waals surface area contributed by atoms with E-state index < -0.39 is 6.10 Å². The topological polar surface area (TPSA) is 46.6 Å². The smallest absolute Gasteiger partial charge is 0.242 e. The van der Waals surface area contributed by atoms with Gasteiger partial charge in [0, 0.05) is 0 Å². The fraction of sp³-hybridized carbons (Fsp3) is 0.333. The van der Waals surface area contributed by atoms with Crippen LogP contribution in [0.3, 0.4) is 0 Å². The third-order valence-corrected chi connectivity index (χ3v) is 2.87. The first-order valence-electron chi connectivity index (χ1n) is 5.26. The third kappa shape index (κ3) is 2.26. The third-order valence-electron chi connectivity index (χ3n) is 2.64. The van der Waals surface area contributed by atoms with E-state index in [9.17, 15) is 9.59 Å². The fourth-order valence-electron chi connectivity index (χ4n) is 1.75. The second-order valence-electron chi connectivity index (χ2n) is 3.82. The monoisotopic (exact) mass is 253 g/mol. The summed E-state index contributed by atoms with van der Waals surface area (Å²) in [6.07, 6.45) is -0.614. The number of carbonyl (C=O) groups excluding carboxylic acids is 2. The van der Waals surface area contributed by atoms with Crippen molar-refractivity contribution < 1.29 is 14.3 Å². The van der Waals surface area contributed by atoms with Crippen molar-refractivity contribution in [3.8, 4) is 5.75 Å². The van der Waals surface area contributed by atoms with E-state index in [4.69, 9.17) is 16.3 Å². The lowest BCUT2D eigenvalue weighted by Crippen LogP contribution is -2.46. The first-order valence-corrected chi connectivity index (χ1v) is 5.79. The molecule has 0 saturated heterocycles. The first kappa shape index (κ1) is 11.9. The maximum atomic E-state index is 11.7. The van der Waals surface area contributed by atoms with Gasteiger partial charge in [-0.2, -0.15) is 0 Å². The Labute approximate surface area is 104 Å². The number of ketones is 1. The number of hydrogen-bond acceptors (Lipinski definition) is 3. The number of rotatable bonds is 2. The fourth-order valence-corrected chi connectivity index (χ4v) is 1.90. The second-order valence-corrected chi connectivity index (χ2v) is 4.09. The number of nitrogens with zero attached hydrogens (tertiary/aromatic N) is 1. The zero-order valence-electron chi connectivity index (χ0n) is 9.35. The Balaban J connectivity index is 2.39. The molecule has 5 heteroatoms. The molecule has 1 heterocycles. The normalized spacial score (nSPS) is 18.2. The number of ether oxygens (including phenoxy) is 1. The zero-order valence-corrected chi connectivity index (χ0v) is 10.1. The van der Waals surface area contributed by atoms with Crippen molar-refractivity contribution in [1.82, 2.24) is 0 Å². The van der Waals surface area contributed by atoms with Gasteiger partial charge in [-0.05, 0) is 19.1 Å². The number of benzene rings is 1. The molecular formula is C12H12ClNO3. The number of Topliss-reactive ketones (excluding diaryl/α,β-unsaturated/α-hetero) is 1. The Hall–Kier alpha value is -1.55. The SMILES string of the molecule is CC(=O)C1CN(C(=O)CCl)c2ccccc2O1. The molecule has 0 aromatic heterocycles. The van der Waals surface area contributed by atoms with Crippen molar-refractivity contribution in [1.29, 1.82) is 0 Å². The van der Waals surface area contributed by atoms with Crippen LogP contribution in [0.25, 0.3) is 0 Å². The Morgan fingerprint density at radius 3 is 2.82 bits per heavy atom. The summed E-state index contributed by atoms with van der Waals surface area (Å²) in [5, 5.41) is 0. The van der Waals surface area contributed by atoms with Gasteiger partial charge in [0.25, 0.3) is 0 Å². The number of para-hydroxylation sites is 2. The first-order chi connectivity index (χ1) is 8.13. The maximum Gasteiger partial charge on any atom is 0.242 e. The van der Waals surface area contributed by atoms with E-state index in [0.717, 1.165) is 0 Å². The molecule has 0 fully saturated rings. The van der Waals surface area contributed by atoms with Crippen LogP contribution in [-0.4, -0.2) is 30.2 Å². The van der Waals surface area contributed by atoms with Crippen molar-refractivity contribution in [2.75, 3.05) is 17.3 Å². The van der Waals surface area contributed by atoms with Crippen LogP contribution in [0.15, 0.2) is 24.3 Å². The number of fused-ring (bicyclic) bond motifs is 1. The molecule has 0 saturated carbocycles. The minimum absolute atomic E-state index is 0.105. The van der Waals surface area contributed by atoms with E-state index in [-0.39, 0.29) is 24.1 Å². The van der Waals surface area contributed by atoms with E-state index in [1.165, 1.54) is 11.8 Å². The van der Waals surface area contributed by atoms with Crippen LogP contribution in [0.5, 0.6) is 5.75 Å². The summed E-state index contributed by atoms with van der Waals surface area (Å²) in [7, 11) is 0. The zero-order chi connectivity index (χ0) is 12.4. The van der Waals surface area contributed by atoms with Gasteiger partial charge in [0.15, 0.2) is 11.9 Å². The number of amides is 1. The molecule has 1 aliphatic heterocycles. The highest BCUT2D eigenvalue weighted by Gasteiger charge is 2.31. The lowest BCUT2D eigenvalue weighted by molar-refractivity contribution is -0.124. The van der Waals surface area contributed by atoms with Gasteiger partial charge in [-0.1, -0.05) is 12.1 Å². The van der Waals surface area contributed by atoms with Crippen LogP contribution in [0.2, 0.25) is 0 Å². The summed E-state index contributed by atoms with van der Waals surface area (Å²) in [6.45, 7) is 1.67. The van der Waals surface area contributed by atoms with Gasteiger partial charge in [0.1, 0.15) is 11.6 Å². The molecule has 2 rings (SSSR count). The second kappa shape index (κ2) is 4.75. The van der Waals surface area contributed by atoms with E-state index in [1.54, 1.807) is 18.2 Å². The predicted octanol–water partition coefficient (Wildman–Crippen LogP) is 1.61. The largest absolute Gasteiger partial charge is 0.479 e. The summed E-state index contributed by atoms with van der Waals surface area (Å²) < 4.78 is 5.53. The number of hydrogen-bond donors (Lipinski definition) is 0. The molecule has 0 N–H and O–H groups in total. The van der Waals surface area contributed by atoms with Crippen LogP contribution in [0.1, 0.15) is 6.92 Å². The van der Waals surface area contributed by atoms with E-state index in [1.807, 2.05) is 6.07 Å². The minimum Gasteiger partial charge on any atom is -0.479 e. The summed E-state index contributed by atoms with van der Waals surface area (Å²) in [6, 6.07) is 7.12. The van der Waals surface area contributed by atoms with Gasteiger partial charge in [0.2, 0.25) is 5.91 Å². The van der Waals surface area contributed by atoms with Crippen molar-refractivity contribution in [3.63, 3.8) is 0 Å². The Bertz CT molecular complexity index is 461. The number of carbonyl (C=O) groups is 2. The van der Waals surface area contributed by atoms with Crippen molar-refractivity contribution >= 4 is 29.0 Å². The van der Waals surface area contributed by atoms with Gasteiger partial charge >= 0.3 is 0 Å². The van der Waals surface area contributed by atoms with Gasteiger partial charge in [-0.15, -0.1) is 11.6 Å². The molecular weight excluding hydrogens is 242 g/mol. The predicted molar refractivity (Wildman–Crippen MR) is 64.6 cm³/mol. The lowest BCUT2D eigenvalue weighted by atomic mass is 10.1. The highest BCUT2D eigenvalue weighted by Crippen LogP contribution is 2.33. The molecule has 1 atom stereocenters. The average molecular weight is 254 g/mol. The van der Waals surface area contributed by atoms with Crippen molar-refractivity contribution in [2.24, 2.45) is 0 Å². The number of anilines is 1. The average Bonchev–Trinajstić information content (AvgIpc) is 2.36. The van der Waals surface area contributed by atoms with Gasteiger partial charge in [0.05, 0.1) is 12.2 Å². The highest BCUT2D eigenvalue weighted by atomic mass is 35.5. The van der Waals surface area contributed by atoms with Crippen molar-refractivity contribution in [3.05, 3.63) is 24.3 Å². The molecule has 1 unspecified atom stereocenters. The minimum atomic E-state index is -0.614. The molecule has 0 bridgehead atoms. The Kier molecular flexibility index (Phi) is 3.33. The lowest BCUT2D eigenvalue weighted by Gasteiger charge is -2.33. The maximum absolute atomic E-state index is 11.7. The highest BCUT2D eigenvalue weighted by molar-refractivity contribution is 6.29. The molecule has 0 radical (unpaired) electrons. The summed E-state index contributed by atoms with van der Waals surface area (Å²) in [5.74, 6) is 0.0943. The van der Waals surface area contributed by atoms with Crippen molar-refractivity contribution in [2.45, 2.75) is 13.0 Å². The summed E-state index contributed by atoms with van der Waals surface area (Å²) in [4.78, 5) is 24.6. The van der Waals surface area contributed by atoms with Crippen LogP contribution in [0.4, 0.5) is 5.69 Å². The van der Waals surface area contributed by atoms with Gasteiger partial charge < -0.3 is 9.64 Å². The molecule has 0 spiro atoms. The van der Waals surface area contributed by atoms with E-state index in [0.29, 0.717) is 11.4 Å². The van der Waals surface area contributed by atoms with Crippen LogP contribution in [-0.2, 0) is 9.59 Å². The number of halogens is 1. The summed E-state index contributed by atoms with van der Waals surface area (Å²) in [5.41, 5.74) is 0.663. The van der Waals surface area contributed by atoms with Gasteiger partial charge in [-0.3, -0.25) is 9.59 Å². The molecule has 0 aliphatic carbocycles. The van der Waals surface area contributed by atoms with Crippen LogP contribution >= 0.6 is 11.6 Å². The van der Waals surface area contributed by atoms with Gasteiger partial charge in [-0.25, -0.2) is 0 Å². The number of alkyl halides is 1. The molecule has 4 nitrogen and oxygen atoms in total. The van der Waals surface area contributed by atoms with E-state index >= 15 is 0 Å². The Morgan fingerprint density at radius 2 is 2.18 bits per heavy atom. The summed E-state index contributed by atoms with van der Waals surface area (Å²) >= 11 is 5.56.